The maximum atomic E-state index is 11.9. The molecule has 1 amide bonds. The maximum absolute atomic E-state index is 11.9. The van der Waals surface area contributed by atoms with Crippen molar-refractivity contribution in [3.8, 4) is 0 Å². The van der Waals surface area contributed by atoms with Gasteiger partial charge in [0.25, 0.3) is 0 Å². The van der Waals surface area contributed by atoms with Crippen molar-refractivity contribution in [2.24, 2.45) is 16.3 Å². The summed E-state index contributed by atoms with van der Waals surface area (Å²) in [4.78, 5) is 11.9. The van der Waals surface area contributed by atoms with Crippen LogP contribution in [0.15, 0.2) is 5.16 Å². The van der Waals surface area contributed by atoms with Crippen LogP contribution in [0.1, 0.15) is 19.3 Å². The summed E-state index contributed by atoms with van der Waals surface area (Å²) >= 11 is 0. The van der Waals surface area contributed by atoms with Crippen LogP contribution in [0.4, 0.5) is 0 Å². The highest BCUT2D eigenvalue weighted by Crippen LogP contribution is 2.41. The number of nitrogens with two attached hydrogens (primary N) is 1. The Kier molecular flexibility index (Phi) is 3.97. The fourth-order valence-electron chi connectivity index (χ4n) is 1.74. The van der Waals surface area contributed by atoms with E-state index >= 15 is 0 Å². The molecule has 7 nitrogen and oxygen atoms in total. The summed E-state index contributed by atoms with van der Waals surface area (Å²) in [7, 11) is -3.11. The summed E-state index contributed by atoms with van der Waals surface area (Å²) in [5, 5.41) is 14.0. The second kappa shape index (κ2) is 4.91. The largest absolute Gasteiger partial charge is 0.409 e. The SMILES string of the molecule is CS(=O)(=O)CCNC(=O)C1(C(N)=NO)CCC1. The lowest BCUT2D eigenvalue weighted by Gasteiger charge is -2.38. The zero-order valence-electron chi connectivity index (χ0n) is 9.64. The highest BCUT2D eigenvalue weighted by molar-refractivity contribution is 7.90. The van der Waals surface area contributed by atoms with Crippen molar-refractivity contribution >= 4 is 21.6 Å². The van der Waals surface area contributed by atoms with Gasteiger partial charge in [0, 0.05) is 12.8 Å². The Hall–Kier alpha value is -1.31. The van der Waals surface area contributed by atoms with Crippen LogP contribution in [-0.4, -0.2) is 43.9 Å². The first-order valence-corrected chi connectivity index (χ1v) is 7.32. The average Bonchev–Trinajstić information content (AvgIpc) is 2.13. The van der Waals surface area contributed by atoms with E-state index in [9.17, 15) is 13.2 Å². The van der Waals surface area contributed by atoms with E-state index in [1.165, 1.54) is 0 Å². The molecule has 0 spiro atoms. The predicted octanol–water partition coefficient (Wildman–Crippen LogP) is -0.936. The Labute approximate surface area is 100.0 Å². The molecule has 17 heavy (non-hydrogen) atoms. The summed E-state index contributed by atoms with van der Waals surface area (Å²) < 4.78 is 21.8. The monoisotopic (exact) mass is 263 g/mol. The van der Waals surface area contributed by atoms with E-state index in [1.54, 1.807) is 0 Å². The first-order chi connectivity index (χ1) is 7.82. The molecule has 0 heterocycles. The smallest absolute Gasteiger partial charge is 0.233 e. The first kappa shape index (κ1) is 13.8. The molecule has 0 radical (unpaired) electrons. The van der Waals surface area contributed by atoms with Crippen molar-refractivity contribution in [3.05, 3.63) is 0 Å². The van der Waals surface area contributed by atoms with Gasteiger partial charge in [-0.15, -0.1) is 0 Å². The highest BCUT2D eigenvalue weighted by atomic mass is 32.2. The summed E-state index contributed by atoms with van der Waals surface area (Å²) in [5.74, 6) is -0.603. The van der Waals surface area contributed by atoms with Crippen LogP contribution in [0.3, 0.4) is 0 Å². The molecule has 1 saturated carbocycles. The van der Waals surface area contributed by atoms with Crippen LogP contribution in [0.5, 0.6) is 0 Å². The van der Waals surface area contributed by atoms with Gasteiger partial charge in [0.05, 0.1) is 5.75 Å². The number of oxime groups is 1. The highest BCUT2D eigenvalue weighted by Gasteiger charge is 2.48. The Morgan fingerprint density at radius 3 is 2.47 bits per heavy atom. The van der Waals surface area contributed by atoms with Gasteiger partial charge in [0.1, 0.15) is 15.3 Å². The van der Waals surface area contributed by atoms with E-state index in [2.05, 4.69) is 10.5 Å². The minimum absolute atomic E-state index is 0.0398. The van der Waals surface area contributed by atoms with Crippen molar-refractivity contribution in [3.63, 3.8) is 0 Å². The lowest BCUT2D eigenvalue weighted by Crippen LogP contribution is -2.54. The van der Waals surface area contributed by atoms with Crippen LogP contribution < -0.4 is 11.1 Å². The van der Waals surface area contributed by atoms with Gasteiger partial charge in [-0.3, -0.25) is 4.79 Å². The maximum Gasteiger partial charge on any atom is 0.233 e. The third-order valence-corrected chi connectivity index (χ3v) is 3.94. The quantitative estimate of drug-likeness (QED) is 0.256. The third-order valence-electron chi connectivity index (χ3n) is 3.00. The minimum atomic E-state index is -3.11. The number of hydrogen-bond acceptors (Lipinski definition) is 5. The molecule has 1 fully saturated rings. The molecular formula is C9H17N3O4S. The lowest BCUT2D eigenvalue weighted by molar-refractivity contribution is -0.130. The van der Waals surface area contributed by atoms with Gasteiger partial charge < -0.3 is 16.3 Å². The van der Waals surface area contributed by atoms with Gasteiger partial charge in [-0.2, -0.15) is 0 Å². The zero-order chi connectivity index (χ0) is 13.1. The molecule has 0 atom stereocenters. The molecule has 0 aromatic heterocycles. The molecule has 0 aromatic carbocycles. The van der Waals surface area contributed by atoms with E-state index in [1.807, 2.05) is 0 Å². The Bertz CT molecular complexity index is 426. The topological polar surface area (TPSA) is 122 Å². The number of rotatable bonds is 5. The summed E-state index contributed by atoms with van der Waals surface area (Å²) in [6.45, 7) is 0.0398. The predicted molar refractivity (Wildman–Crippen MR) is 62.4 cm³/mol. The second-order valence-corrected chi connectivity index (χ2v) is 6.57. The zero-order valence-corrected chi connectivity index (χ0v) is 10.5. The number of carbonyl (C=O) groups is 1. The molecule has 0 aromatic rings. The van der Waals surface area contributed by atoms with E-state index in [0.717, 1.165) is 12.7 Å². The van der Waals surface area contributed by atoms with Crippen LogP contribution in [0, 0.1) is 5.41 Å². The molecule has 0 unspecified atom stereocenters. The Balaban J connectivity index is 2.57. The molecule has 0 aliphatic heterocycles. The normalized spacial score (nSPS) is 19.5. The fourth-order valence-corrected chi connectivity index (χ4v) is 2.22. The number of carbonyl (C=O) groups excluding carboxylic acids is 1. The summed E-state index contributed by atoms with van der Waals surface area (Å²) in [6.07, 6.45) is 2.97. The molecule has 1 aliphatic carbocycles. The standard InChI is InChI=1S/C9H17N3O4S/c1-17(15,16)6-5-11-8(13)9(3-2-4-9)7(10)12-14/h14H,2-6H2,1H3,(H2,10,12)(H,11,13). The number of hydrogen-bond donors (Lipinski definition) is 3. The number of nitrogens with one attached hydrogen (secondary N) is 1. The lowest BCUT2D eigenvalue weighted by atomic mass is 9.67. The molecule has 4 N–H and O–H groups in total. The van der Waals surface area contributed by atoms with Crippen molar-refractivity contribution in [1.82, 2.24) is 5.32 Å². The number of sulfone groups is 1. The summed E-state index contributed by atoms with van der Waals surface area (Å²) in [6, 6.07) is 0. The van der Waals surface area contributed by atoms with Crippen molar-refractivity contribution in [2.45, 2.75) is 19.3 Å². The summed E-state index contributed by atoms with van der Waals surface area (Å²) in [5.41, 5.74) is 4.54. The van der Waals surface area contributed by atoms with Gasteiger partial charge in [0.15, 0.2) is 5.84 Å². The van der Waals surface area contributed by atoms with E-state index in [4.69, 9.17) is 10.9 Å². The first-order valence-electron chi connectivity index (χ1n) is 5.26. The molecule has 8 heteroatoms. The van der Waals surface area contributed by atoms with E-state index < -0.39 is 15.3 Å². The Morgan fingerprint density at radius 2 is 2.12 bits per heavy atom. The number of amides is 1. The van der Waals surface area contributed by atoms with Crippen molar-refractivity contribution in [2.75, 3.05) is 18.6 Å². The van der Waals surface area contributed by atoms with E-state index in [0.29, 0.717) is 12.8 Å². The fraction of sp³-hybridized carbons (Fsp3) is 0.778. The minimum Gasteiger partial charge on any atom is -0.409 e. The van der Waals surface area contributed by atoms with Gasteiger partial charge in [0.2, 0.25) is 5.91 Å². The molecule has 1 aliphatic rings. The van der Waals surface area contributed by atoms with E-state index in [-0.39, 0.29) is 24.0 Å². The van der Waals surface area contributed by atoms with Crippen LogP contribution in [0.25, 0.3) is 0 Å². The number of amidine groups is 1. The molecule has 98 valence electrons. The van der Waals surface area contributed by atoms with Gasteiger partial charge >= 0.3 is 0 Å². The molecular weight excluding hydrogens is 246 g/mol. The molecule has 1 rings (SSSR count). The van der Waals surface area contributed by atoms with Crippen LogP contribution in [-0.2, 0) is 14.6 Å². The van der Waals surface area contributed by atoms with Crippen molar-refractivity contribution in [1.29, 1.82) is 0 Å². The molecule has 0 bridgehead atoms. The second-order valence-electron chi connectivity index (χ2n) is 4.31. The average molecular weight is 263 g/mol. The van der Waals surface area contributed by atoms with Crippen LogP contribution in [0.2, 0.25) is 0 Å². The molecule has 0 saturated heterocycles. The van der Waals surface area contributed by atoms with Gasteiger partial charge in [-0.1, -0.05) is 11.6 Å². The van der Waals surface area contributed by atoms with Gasteiger partial charge in [-0.25, -0.2) is 8.42 Å². The van der Waals surface area contributed by atoms with Crippen LogP contribution >= 0.6 is 0 Å². The number of nitrogens with zero attached hydrogens (tertiary/aromatic N) is 1. The van der Waals surface area contributed by atoms with Crippen molar-refractivity contribution < 1.29 is 18.4 Å². The third kappa shape index (κ3) is 3.09. The Morgan fingerprint density at radius 1 is 1.53 bits per heavy atom. The van der Waals surface area contributed by atoms with Gasteiger partial charge in [-0.05, 0) is 12.8 Å².